The zero-order valence-corrected chi connectivity index (χ0v) is 9.12. The molecule has 0 unspecified atom stereocenters. The molecule has 1 aromatic heterocycles. The van der Waals surface area contributed by atoms with Crippen molar-refractivity contribution in [1.82, 2.24) is 10.1 Å². The van der Waals surface area contributed by atoms with Gasteiger partial charge in [-0.3, -0.25) is 4.90 Å². The first-order chi connectivity index (χ1) is 7.83. The molecule has 0 amide bonds. The topological polar surface area (TPSA) is 38.5 Å². The van der Waals surface area contributed by atoms with Crippen LogP contribution in [-0.4, -0.2) is 35.9 Å². The zero-order valence-electron chi connectivity index (χ0n) is 9.12. The average molecular weight is 226 g/mol. The van der Waals surface area contributed by atoms with Crippen LogP contribution in [0.3, 0.4) is 0 Å². The molecule has 1 atom stereocenters. The Labute approximate surface area is 93.3 Å². The van der Waals surface area contributed by atoms with Gasteiger partial charge in [-0.05, 0) is 6.42 Å². The van der Waals surface area contributed by atoms with Gasteiger partial charge in [0.2, 0.25) is 0 Å². The first-order valence-electron chi connectivity index (χ1n) is 5.73. The molecule has 2 aliphatic heterocycles. The first kappa shape index (κ1) is 10.2. The summed E-state index contributed by atoms with van der Waals surface area (Å²) in [6.45, 7) is 3.30. The van der Waals surface area contributed by atoms with E-state index in [4.69, 9.17) is 9.26 Å². The van der Waals surface area contributed by atoms with Crippen LogP contribution in [0.1, 0.15) is 23.4 Å². The lowest BCUT2D eigenvalue weighted by Crippen LogP contribution is -2.22. The first-order valence-corrected chi connectivity index (χ1v) is 5.73. The van der Waals surface area contributed by atoms with Crippen LogP contribution < -0.4 is 0 Å². The van der Waals surface area contributed by atoms with Crippen molar-refractivity contribution in [2.75, 3.05) is 19.7 Å². The minimum Gasteiger partial charge on any atom is -0.376 e. The van der Waals surface area contributed by atoms with Gasteiger partial charge in [-0.25, -0.2) is 4.39 Å². The third kappa shape index (κ3) is 1.85. The van der Waals surface area contributed by atoms with Gasteiger partial charge in [0.05, 0.1) is 13.2 Å². The van der Waals surface area contributed by atoms with Crippen molar-refractivity contribution >= 4 is 0 Å². The zero-order chi connectivity index (χ0) is 11.0. The fourth-order valence-corrected chi connectivity index (χ4v) is 2.35. The van der Waals surface area contributed by atoms with Crippen LogP contribution in [0.15, 0.2) is 4.52 Å². The van der Waals surface area contributed by atoms with Crippen molar-refractivity contribution in [3.8, 4) is 0 Å². The van der Waals surface area contributed by atoms with E-state index in [1.165, 1.54) is 0 Å². The third-order valence-corrected chi connectivity index (χ3v) is 3.26. The summed E-state index contributed by atoms with van der Waals surface area (Å²) in [6.07, 6.45) is 0.754. The lowest BCUT2D eigenvalue weighted by atomic mass is 10.1. The van der Waals surface area contributed by atoms with Crippen LogP contribution in [0, 0.1) is 0 Å². The van der Waals surface area contributed by atoms with Gasteiger partial charge in [0, 0.05) is 31.6 Å². The maximum absolute atomic E-state index is 13.0. The van der Waals surface area contributed by atoms with Crippen LogP contribution in [-0.2, 0) is 24.3 Å². The van der Waals surface area contributed by atoms with Gasteiger partial charge >= 0.3 is 0 Å². The minimum absolute atomic E-state index is 0.516. The normalized spacial score (nSPS) is 25.9. The summed E-state index contributed by atoms with van der Waals surface area (Å²) >= 11 is 0. The Bertz CT molecular complexity index is 380. The second-order valence-electron chi connectivity index (χ2n) is 4.45. The molecule has 0 aliphatic carbocycles. The van der Waals surface area contributed by atoms with E-state index in [0.717, 1.165) is 30.0 Å². The highest BCUT2D eigenvalue weighted by molar-refractivity contribution is 5.23. The molecular weight excluding hydrogens is 211 g/mol. The van der Waals surface area contributed by atoms with E-state index in [0.29, 0.717) is 32.7 Å². The monoisotopic (exact) mass is 226 g/mol. The van der Waals surface area contributed by atoms with Gasteiger partial charge in [0.1, 0.15) is 17.6 Å². The summed E-state index contributed by atoms with van der Waals surface area (Å²) in [4.78, 5) is 2.08. The van der Waals surface area contributed by atoms with E-state index >= 15 is 0 Å². The molecule has 4 nitrogen and oxygen atoms in total. The second-order valence-corrected chi connectivity index (χ2v) is 4.45. The Morgan fingerprint density at radius 3 is 3.25 bits per heavy atom. The van der Waals surface area contributed by atoms with Gasteiger partial charge in [-0.1, -0.05) is 5.16 Å². The molecule has 5 heteroatoms. The van der Waals surface area contributed by atoms with Gasteiger partial charge in [0.15, 0.2) is 0 Å². The quantitative estimate of drug-likeness (QED) is 0.761. The predicted molar refractivity (Wildman–Crippen MR) is 54.7 cm³/mol. The smallest absolute Gasteiger partial charge is 0.144 e. The molecule has 2 aliphatic rings. The molecule has 0 bridgehead atoms. The summed E-state index contributed by atoms with van der Waals surface area (Å²) in [5, 5.41) is 4.07. The van der Waals surface area contributed by atoms with Gasteiger partial charge < -0.3 is 9.26 Å². The van der Waals surface area contributed by atoms with E-state index in [1.54, 1.807) is 0 Å². The summed E-state index contributed by atoms with van der Waals surface area (Å²) < 4.78 is 23.7. The standard InChI is InChI=1S/C11H15FN2O2/c12-8-1-3-14(5-8)6-10-9-7-15-4-2-11(9)16-13-10/h8H,1-7H2/t8-/m1/s1. The molecule has 0 saturated carbocycles. The van der Waals surface area contributed by atoms with E-state index in [9.17, 15) is 4.39 Å². The third-order valence-electron chi connectivity index (χ3n) is 3.26. The van der Waals surface area contributed by atoms with E-state index in [1.807, 2.05) is 0 Å². The largest absolute Gasteiger partial charge is 0.376 e. The van der Waals surface area contributed by atoms with Gasteiger partial charge in [-0.15, -0.1) is 0 Å². The van der Waals surface area contributed by atoms with E-state index in [2.05, 4.69) is 10.1 Å². The van der Waals surface area contributed by atoms with Crippen LogP contribution >= 0.6 is 0 Å². The number of hydrogen-bond acceptors (Lipinski definition) is 4. The number of hydrogen-bond donors (Lipinski definition) is 0. The Balaban J connectivity index is 1.72. The van der Waals surface area contributed by atoms with Crippen molar-refractivity contribution in [1.29, 1.82) is 0 Å². The number of ether oxygens (including phenoxy) is 1. The van der Waals surface area contributed by atoms with Gasteiger partial charge in [-0.2, -0.15) is 0 Å². The summed E-state index contributed by atoms with van der Waals surface area (Å²) in [5.74, 6) is 0.942. The molecule has 0 spiro atoms. The second kappa shape index (κ2) is 4.14. The molecule has 0 radical (unpaired) electrons. The number of halogens is 1. The highest BCUT2D eigenvalue weighted by atomic mass is 19.1. The van der Waals surface area contributed by atoms with Crippen molar-refractivity contribution in [3.63, 3.8) is 0 Å². The van der Waals surface area contributed by atoms with Crippen LogP contribution in [0.2, 0.25) is 0 Å². The summed E-state index contributed by atoms with van der Waals surface area (Å²) in [7, 11) is 0. The molecule has 1 fully saturated rings. The lowest BCUT2D eigenvalue weighted by molar-refractivity contribution is 0.102. The maximum atomic E-state index is 13.0. The SMILES string of the molecule is F[C@@H]1CCN(Cc2noc3c2COCC3)C1. The van der Waals surface area contributed by atoms with Crippen LogP contribution in [0.4, 0.5) is 4.39 Å². The molecule has 16 heavy (non-hydrogen) atoms. The van der Waals surface area contributed by atoms with Crippen LogP contribution in [0.25, 0.3) is 0 Å². The molecule has 1 aromatic rings. The Morgan fingerprint density at radius 2 is 2.44 bits per heavy atom. The van der Waals surface area contributed by atoms with E-state index < -0.39 is 6.17 Å². The number of rotatable bonds is 2. The van der Waals surface area contributed by atoms with Crippen LogP contribution in [0.5, 0.6) is 0 Å². The molecule has 1 saturated heterocycles. The van der Waals surface area contributed by atoms with Crippen molar-refractivity contribution in [3.05, 3.63) is 17.0 Å². The van der Waals surface area contributed by atoms with E-state index in [-0.39, 0.29) is 0 Å². The Hall–Kier alpha value is -0.940. The highest BCUT2D eigenvalue weighted by Crippen LogP contribution is 2.23. The average Bonchev–Trinajstić information content (AvgIpc) is 2.87. The fourth-order valence-electron chi connectivity index (χ4n) is 2.35. The van der Waals surface area contributed by atoms with Crippen molar-refractivity contribution < 1.29 is 13.7 Å². The number of fused-ring (bicyclic) bond motifs is 1. The molecule has 0 aromatic carbocycles. The summed E-state index contributed by atoms with van der Waals surface area (Å²) in [5.41, 5.74) is 2.00. The van der Waals surface area contributed by atoms with Gasteiger partial charge in [0.25, 0.3) is 0 Å². The molecule has 88 valence electrons. The highest BCUT2D eigenvalue weighted by Gasteiger charge is 2.26. The Kier molecular flexibility index (Phi) is 2.65. The number of nitrogens with zero attached hydrogens (tertiary/aromatic N) is 2. The summed E-state index contributed by atoms with van der Waals surface area (Å²) in [6, 6.07) is 0. The molecule has 3 heterocycles. The number of aromatic nitrogens is 1. The van der Waals surface area contributed by atoms with Crippen molar-refractivity contribution in [2.24, 2.45) is 0 Å². The lowest BCUT2D eigenvalue weighted by Gasteiger charge is -2.15. The van der Waals surface area contributed by atoms with Crippen molar-refractivity contribution in [2.45, 2.75) is 32.2 Å². The minimum atomic E-state index is -0.682. The Morgan fingerprint density at radius 1 is 1.50 bits per heavy atom. The molecule has 3 rings (SSSR count). The predicted octanol–water partition coefficient (Wildman–Crippen LogP) is 1.29. The fraction of sp³-hybridized carbons (Fsp3) is 0.727. The maximum Gasteiger partial charge on any atom is 0.144 e. The molecule has 0 N–H and O–H groups in total. The number of likely N-dealkylation sites (tertiary alicyclic amines) is 1. The molecular formula is C11H15FN2O2. The number of alkyl halides is 1.